The average Bonchev–Trinajstić information content (AvgIpc) is 2.69. The lowest BCUT2D eigenvalue weighted by Crippen LogP contribution is -2.14. The van der Waals surface area contributed by atoms with Crippen LogP contribution in [0.3, 0.4) is 0 Å². The van der Waals surface area contributed by atoms with Crippen molar-refractivity contribution >= 4 is 28.1 Å². The number of aromatic nitrogens is 1. The van der Waals surface area contributed by atoms with Crippen LogP contribution in [0.5, 0.6) is 0 Å². The number of nitrogens with zero attached hydrogens (tertiary/aromatic N) is 1. The van der Waals surface area contributed by atoms with E-state index in [0.29, 0.717) is 11.2 Å². The van der Waals surface area contributed by atoms with E-state index in [1.54, 1.807) is 6.20 Å². The molecule has 3 N–H and O–H groups in total. The van der Waals surface area contributed by atoms with E-state index in [2.05, 4.69) is 10.3 Å². The minimum absolute atomic E-state index is 0.281. The SMILES string of the molecule is Cc1cnc(NC(=O)c2cc(N)c(F)cc2F)s1. The number of carbonyl (C=O) groups is 1. The molecule has 0 radical (unpaired) electrons. The molecule has 0 aliphatic rings. The molecule has 0 saturated heterocycles. The molecule has 0 saturated carbocycles. The first-order chi connectivity index (χ1) is 8.47. The van der Waals surface area contributed by atoms with Crippen LogP contribution in [0.15, 0.2) is 18.3 Å². The number of hydrogen-bond acceptors (Lipinski definition) is 4. The summed E-state index contributed by atoms with van der Waals surface area (Å²) < 4.78 is 26.4. The highest BCUT2D eigenvalue weighted by Gasteiger charge is 2.16. The molecule has 0 fully saturated rings. The fraction of sp³-hybridized carbons (Fsp3) is 0.0909. The summed E-state index contributed by atoms with van der Waals surface area (Å²) in [5, 5.41) is 2.76. The highest BCUT2D eigenvalue weighted by Crippen LogP contribution is 2.20. The van der Waals surface area contributed by atoms with Gasteiger partial charge in [0.15, 0.2) is 5.13 Å². The Morgan fingerprint density at radius 3 is 2.72 bits per heavy atom. The molecule has 1 aromatic heterocycles. The van der Waals surface area contributed by atoms with Gasteiger partial charge in [0.25, 0.3) is 5.91 Å². The van der Waals surface area contributed by atoms with Crippen molar-refractivity contribution in [2.45, 2.75) is 6.92 Å². The summed E-state index contributed by atoms with van der Waals surface area (Å²) in [6.45, 7) is 1.82. The number of aryl methyl sites for hydroxylation is 1. The maximum Gasteiger partial charge on any atom is 0.260 e. The normalized spacial score (nSPS) is 10.4. The summed E-state index contributed by atoms with van der Waals surface area (Å²) in [6.07, 6.45) is 1.58. The third kappa shape index (κ3) is 2.45. The van der Waals surface area contributed by atoms with Crippen LogP contribution in [0.25, 0.3) is 0 Å². The molecule has 2 rings (SSSR count). The van der Waals surface area contributed by atoms with Gasteiger partial charge in [-0.3, -0.25) is 10.1 Å². The summed E-state index contributed by atoms with van der Waals surface area (Å²) >= 11 is 1.25. The Morgan fingerprint density at radius 2 is 2.11 bits per heavy atom. The lowest BCUT2D eigenvalue weighted by atomic mass is 10.1. The Labute approximate surface area is 105 Å². The smallest absolute Gasteiger partial charge is 0.260 e. The fourth-order valence-corrected chi connectivity index (χ4v) is 1.98. The number of benzene rings is 1. The first kappa shape index (κ1) is 12.4. The molecule has 1 amide bonds. The van der Waals surface area contributed by atoms with Crippen LogP contribution in [0.4, 0.5) is 19.6 Å². The van der Waals surface area contributed by atoms with E-state index in [1.165, 1.54) is 11.3 Å². The first-order valence-corrected chi connectivity index (χ1v) is 5.77. The monoisotopic (exact) mass is 269 g/mol. The number of rotatable bonds is 2. The van der Waals surface area contributed by atoms with Gasteiger partial charge >= 0.3 is 0 Å². The van der Waals surface area contributed by atoms with Gasteiger partial charge in [0.05, 0.1) is 11.3 Å². The number of halogens is 2. The topological polar surface area (TPSA) is 68.0 Å². The predicted octanol–water partition coefficient (Wildman–Crippen LogP) is 2.56. The highest BCUT2D eigenvalue weighted by molar-refractivity contribution is 7.15. The zero-order chi connectivity index (χ0) is 13.3. The van der Waals surface area contributed by atoms with Gasteiger partial charge in [-0.05, 0) is 13.0 Å². The van der Waals surface area contributed by atoms with Gasteiger partial charge < -0.3 is 5.73 Å². The largest absolute Gasteiger partial charge is 0.396 e. The van der Waals surface area contributed by atoms with Gasteiger partial charge in [-0.25, -0.2) is 13.8 Å². The molecule has 1 heterocycles. The van der Waals surface area contributed by atoms with Gasteiger partial charge in [0.1, 0.15) is 11.6 Å². The van der Waals surface area contributed by atoms with Crippen molar-refractivity contribution in [1.82, 2.24) is 4.98 Å². The van der Waals surface area contributed by atoms with Crippen molar-refractivity contribution < 1.29 is 13.6 Å². The van der Waals surface area contributed by atoms with E-state index in [4.69, 9.17) is 5.73 Å². The van der Waals surface area contributed by atoms with Gasteiger partial charge in [-0.1, -0.05) is 0 Å². The molecule has 1 aromatic carbocycles. The third-order valence-electron chi connectivity index (χ3n) is 2.17. The molecule has 0 bridgehead atoms. The van der Waals surface area contributed by atoms with E-state index >= 15 is 0 Å². The molecule has 0 aliphatic heterocycles. The lowest BCUT2D eigenvalue weighted by Gasteiger charge is -2.05. The quantitative estimate of drug-likeness (QED) is 0.823. The minimum Gasteiger partial charge on any atom is -0.396 e. The molecule has 94 valence electrons. The summed E-state index contributed by atoms with van der Waals surface area (Å²) in [5.41, 5.74) is 4.69. The van der Waals surface area contributed by atoms with E-state index in [9.17, 15) is 13.6 Å². The van der Waals surface area contributed by atoms with E-state index in [1.807, 2.05) is 6.92 Å². The number of nitrogen functional groups attached to an aromatic ring is 1. The molecule has 0 spiro atoms. The van der Waals surface area contributed by atoms with Crippen molar-refractivity contribution in [3.8, 4) is 0 Å². The van der Waals surface area contributed by atoms with Gasteiger partial charge in [-0.2, -0.15) is 0 Å². The Hall–Kier alpha value is -2.02. The van der Waals surface area contributed by atoms with Crippen molar-refractivity contribution in [2.75, 3.05) is 11.1 Å². The second-order valence-corrected chi connectivity index (χ2v) is 4.82. The molecule has 4 nitrogen and oxygen atoms in total. The maximum atomic E-state index is 13.4. The number of nitrogens with two attached hydrogens (primary N) is 1. The van der Waals surface area contributed by atoms with E-state index in [-0.39, 0.29) is 11.3 Å². The summed E-state index contributed by atoms with van der Waals surface area (Å²) in [4.78, 5) is 16.6. The molecule has 2 aromatic rings. The van der Waals surface area contributed by atoms with Crippen molar-refractivity contribution in [1.29, 1.82) is 0 Å². The number of thiazole rings is 1. The molecular formula is C11H9F2N3OS. The van der Waals surface area contributed by atoms with Gasteiger partial charge in [0, 0.05) is 17.1 Å². The maximum absolute atomic E-state index is 13.4. The summed E-state index contributed by atoms with van der Waals surface area (Å²) in [7, 11) is 0. The molecule has 0 unspecified atom stereocenters. The van der Waals surface area contributed by atoms with Crippen LogP contribution in [0, 0.1) is 18.6 Å². The number of carbonyl (C=O) groups excluding carboxylic acids is 1. The molecule has 0 aliphatic carbocycles. The molecule has 7 heteroatoms. The Morgan fingerprint density at radius 1 is 1.39 bits per heavy atom. The van der Waals surface area contributed by atoms with Crippen LogP contribution >= 0.6 is 11.3 Å². The van der Waals surface area contributed by atoms with Crippen LogP contribution in [0.1, 0.15) is 15.2 Å². The number of nitrogens with one attached hydrogen (secondary N) is 1. The first-order valence-electron chi connectivity index (χ1n) is 4.95. The Bertz CT molecular complexity index is 612. The van der Waals surface area contributed by atoms with Crippen LogP contribution in [0.2, 0.25) is 0 Å². The van der Waals surface area contributed by atoms with E-state index < -0.39 is 17.5 Å². The van der Waals surface area contributed by atoms with Crippen molar-refractivity contribution in [3.63, 3.8) is 0 Å². The fourth-order valence-electron chi connectivity index (χ4n) is 1.32. The standard InChI is InChI=1S/C11H9F2N3OS/c1-5-4-15-11(18-5)16-10(17)6-2-9(14)8(13)3-7(6)12/h2-4H,14H2,1H3,(H,15,16,17). The predicted molar refractivity (Wildman–Crippen MR) is 65.6 cm³/mol. The third-order valence-corrected chi connectivity index (χ3v) is 3.00. The van der Waals surface area contributed by atoms with Crippen LogP contribution < -0.4 is 11.1 Å². The van der Waals surface area contributed by atoms with Crippen molar-refractivity contribution in [2.24, 2.45) is 0 Å². The van der Waals surface area contributed by atoms with Gasteiger partial charge in [-0.15, -0.1) is 11.3 Å². The summed E-state index contributed by atoms with van der Waals surface area (Å²) in [6, 6.07) is 1.54. The Balaban J connectivity index is 2.26. The van der Waals surface area contributed by atoms with Gasteiger partial charge in [0.2, 0.25) is 0 Å². The number of hydrogen-bond donors (Lipinski definition) is 2. The second-order valence-electron chi connectivity index (χ2n) is 3.58. The highest BCUT2D eigenvalue weighted by atomic mass is 32.1. The minimum atomic E-state index is -0.965. The number of anilines is 2. The summed E-state index contributed by atoms with van der Waals surface area (Å²) in [5.74, 6) is -2.57. The number of amides is 1. The van der Waals surface area contributed by atoms with Crippen molar-refractivity contribution in [3.05, 3.63) is 40.4 Å². The average molecular weight is 269 g/mol. The molecular weight excluding hydrogens is 260 g/mol. The molecule has 18 heavy (non-hydrogen) atoms. The molecule has 0 atom stereocenters. The van der Waals surface area contributed by atoms with Crippen LogP contribution in [-0.2, 0) is 0 Å². The zero-order valence-electron chi connectivity index (χ0n) is 9.33. The lowest BCUT2D eigenvalue weighted by molar-refractivity contribution is 0.102. The van der Waals surface area contributed by atoms with Crippen LogP contribution in [-0.4, -0.2) is 10.9 Å². The zero-order valence-corrected chi connectivity index (χ0v) is 10.1. The second kappa shape index (κ2) is 4.69. The Kier molecular flexibility index (Phi) is 3.24. The van der Waals surface area contributed by atoms with E-state index in [0.717, 1.165) is 10.9 Å².